The molecule has 0 saturated carbocycles. The van der Waals surface area contributed by atoms with Crippen LogP contribution in [0, 0.1) is 0 Å². The summed E-state index contributed by atoms with van der Waals surface area (Å²) in [6, 6.07) is 0. The first-order valence-corrected chi connectivity index (χ1v) is 34.7. The van der Waals surface area contributed by atoms with Crippen LogP contribution in [0.5, 0.6) is 0 Å². The number of aliphatic carboxylic acids is 1. The Labute approximate surface area is 523 Å². The van der Waals surface area contributed by atoms with E-state index in [1.54, 1.807) is 0 Å². The zero-order valence-corrected chi connectivity index (χ0v) is 55.5. The summed E-state index contributed by atoms with van der Waals surface area (Å²) in [4.78, 5) is 37.6. The molecule has 0 aromatic carbocycles. The highest BCUT2D eigenvalue weighted by atomic mass is 16.7. The van der Waals surface area contributed by atoms with E-state index < -0.39 is 24.3 Å². The normalized spacial score (nSPS) is 13.5. The predicted octanol–water partition coefficient (Wildman–Crippen LogP) is 21.6. The third kappa shape index (κ3) is 67.1. The minimum atomic E-state index is -1.52. The lowest BCUT2D eigenvalue weighted by molar-refractivity contribution is -0.870. The van der Waals surface area contributed by atoms with Crippen LogP contribution in [-0.2, 0) is 33.3 Å². The van der Waals surface area contributed by atoms with E-state index in [2.05, 4.69) is 135 Å². The molecule has 0 aromatic heterocycles. The highest BCUT2D eigenvalue weighted by molar-refractivity contribution is 5.71. The molecular weight excluding hydrogens is 1050 g/mol. The third-order valence-electron chi connectivity index (χ3n) is 14.7. The molecule has 9 nitrogen and oxygen atoms in total. The van der Waals surface area contributed by atoms with Crippen molar-refractivity contribution in [3.63, 3.8) is 0 Å². The molecule has 0 aliphatic heterocycles. The fraction of sp³-hybridized carbons (Fsp3) is 0.697. The van der Waals surface area contributed by atoms with E-state index >= 15 is 0 Å². The molecule has 2 atom stereocenters. The molecule has 0 saturated heterocycles. The molecule has 9 heteroatoms. The fourth-order valence-electron chi connectivity index (χ4n) is 9.41. The van der Waals surface area contributed by atoms with Gasteiger partial charge in [-0.2, -0.15) is 0 Å². The van der Waals surface area contributed by atoms with Crippen LogP contribution in [0.4, 0.5) is 0 Å². The molecule has 0 spiro atoms. The number of quaternary nitrogens is 1. The van der Waals surface area contributed by atoms with Crippen LogP contribution in [0.25, 0.3) is 0 Å². The molecule has 1 N–H and O–H groups in total. The number of esters is 2. The van der Waals surface area contributed by atoms with Crippen molar-refractivity contribution in [3.05, 3.63) is 122 Å². The zero-order chi connectivity index (χ0) is 61.9. The molecule has 0 fully saturated rings. The predicted molar refractivity (Wildman–Crippen MR) is 364 cm³/mol. The zero-order valence-electron chi connectivity index (χ0n) is 55.5. The summed E-state index contributed by atoms with van der Waals surface area (Å²) in [5, 5.41) is 9.74. The van der Waals surface area contributed by atoms with Crippen LogP contribution in [-0.4, -0.2) is 87.4 Å². The standard InChI is InChI=1S/C76H129NO8/c1-6-8-10-12-14-16-18-20-22-24-26-28-30-31-32-33-34-35-36-37-38-39-40-41-42-43-45-47-49-51-53-55-57-59-61-63-65-67-74(79)85-72(71-84-76(75(80)81)82-69-68-77(3,4)5)70-83-73(78)66-64-62-60-58-56-54-52-50-48-46-44-29-27-25-23-21-19-17-15-13-11-9-7-2/h8,10,14,16,20,22,25-28,31-32,34-35,37-38,40-41,43,45,72,76H,6-7,9,11-13,15,17-19,21,23-24,29-30,33,36,39,42,44,46-71H2,1-5H3/p+1/b10-8-,16-14-,22-20-,27-25-,28-26-,32-31-,35-34-,38-37-,41-40-,45-43-. The number of carboxylic acid groups (broad SMARTS) is 1. The van der Waals surface area contributed by atoms with Gasteiger partial charge in [0.1, 0.15) is 13.2 Å². The Bertz CT molecular complexity index is 1810. The summed E-state index contributed by atoms with van der Waals surface area (Å²) in [5.41, 5.74) is 0. The van der Waals surface area contributed by atoms with Crippen LogP contribution < -0.4 is 0 Å². The Kier molecular flexibility index (Phi) is 62.3. The van der Waals surface area contributed by atoms with Gasteiger partial charge in [-0.1, -0.05) is 283 Å². The SMILES string of the molecule is CC/C=C\C/C=C\C/C=C\C/C=C\C/C=C\C/C=C\C/C=C\C/C=C\C/C=C\CCCCCCCCCCCC(=O)OC(COC(=O)CCCCCCCCCCCCC/C=C\CCCCCCCCCC)COC(OCC[N+](C)(C)C)C(=O)O. The van der Waals surface area contributed by atoms with Crippen molar-refractivity contribution in [3.8, 4) is 0 Å². The second kappa shape index (κ2) is 65.7. The maximum absolute atomic E-state index is 12.9. The Balaban J connectivity index is 4.17. The quantitative estimate of drug-likeness (QED) is 0.0211. The lowest BCUT2D eigenvalue weighted by Gasteiger charge is -2.25. The van der Waals surface area contributed by atoms with Gasteiger partial charge in [0, 0.05) is 12.8 Å². The molecule has 0 aliphatic carbocycles. The number of hydrogen-bond acceptors (Lipinski definition) is 7. The van der Waals surface area contributed by atoms with E-state index in [4.69, 9.17) is 18.9 Å². The Morgan fingerprint density at radius 1 is 0.365 bits per heavy atom. The summed E-state index contributed by atoms with van der Waals surface area (Å²) in [7, 11) is 5.97. The monoisotopic (exact) mass is 1180 g/mol. The summed E-state index contributed by atoms with van der Waals surface area (Å²) < 4.78 is 23.0. The second-order valence-corrected chi connectivity index (χ2v) is 24.1. The van der Waals surface area contributed by atoms with Gasteiger partial charge in [0.15, 0.2) is 6.10 Å². The number of nitrogens with zero attached hydrogens (tertiary/aromatic N) is 1. The van der Waals surface area contributed by atoms with Crippen LogP contribution in [0.3, 0.4) is 0 Å². The minimum absolute atomic E-state index is 0.182. The van der Waals surface area contributed by atoms with Crippen molar-refractivity contribution in [2.75, 3.05) is 47.5 Å². The van der Waals surface area contributed by atoms with Crippen LogP contribution >= 0.6 is 0 Å². The number of unbranched alkanes of at least 4 members (excludes halogenated alkanes) is 28. The topological polar surface area (TPSA) is 108 Å². The van der Waals surface area contributed by atoms with Gasteiger partial charge in [0.2, 0.25) is 0 Å². The summed E-state index contributed by atoms with van der Waals surface area (Å²) in [5.74, 6) is -2.01. The summed E-state index contributed by atoms with van der Waals surface area (Å²) in [6.45, 7) is 4.77. The van der Waals surface area contributed by atoms with Gasteiger partial charge in [0.25, 0.3) is 6.29 Å². The maximum atomic E-state index is 12.9. The number of carboxylic acids is 1. The van der Waals surface area contributed by atoms with Gasteiger partial charge in [-0.05, 0) is 109 Å². The van der Waals surface area contributed by atoms with E-state index in [1.165, 1.54) is 148 Å². The van der Waals surface area contributed by atoms with Crippen molar-refractivity contribution in [1.82, 2.24) is 0 Å². The van der Waals surface area contributed by atoms with Crippen LogP contribution in [0.2, 0.25) is 0 Å². The molecule has 0 amide bonds. The largest absolute Gasteiger partial charge is 0.477 e. The lowest BCUT2D eigenvalue weighted by Crippen LogP contribution is -2.40. The number of ether oxygens (including phenoxy) is 4. The number of allylic oxidation sites excluding steroid dienone is 20. The van der Waals surface area contributed by atoms with Crippen molar-refractivity contribution in [2.45, 2.75) is 296 Å². The lowest BCUT2D eigenvalue weighted by atomic mass is 10.0. The van der Waals surface area contributed by atoms with Gasteiger partial charge >= 0.3 is 17.9 Å². The van der Waals surface area contributed by atoms with E-state index in [0.29, 0.717) is 23.9 Å². The minimum Gasteiger partial charge on any atom is -0.477 e. The molecule has 0 aliphatic rings. The molecular formula is C76H130NO8+. The maximum Gasteiger partial charge on any atom is 0.361 e. The van der Waals surface area contributed by atoms with E-state index in [0.717, 1.165) is 103 Å². The van der Waals surface area contributed by atoms with E-state index in [1.807, 2.05) is 21.1 Å². The van der Waals surface area contributed by atoms with Gasteiger partial charge in [-0.25, -0.2) is 4.79 Å². The molecule has 0 aromatic rings. The number of hydrogen-bond donors (Lipinski definition) is 1. The average Bonchev–Trinajstić information content (AvgIpc) is 3.48. The highest BCUT2D eigenvalue weighted by Crippen LogP contribution is 2.16. The number of rotatable bonds is 63. The Morgan fingerprint density at radius 3 is 1.01 bits per heavy atom. The smallest absolute Gasteiger partial charge is 0.361 e. The van der Waals surface area contributed by atoms with E-state index in [9.17, 15) is 19.5 Å². The molecule has 0 heterocycles. The molecule has 0 radical (unpaired) electrons. The molecule has 486 valence electrons. The number of likely N-dealkylation sites (N-methyl/N-ethyl adjacent to an activating group) is 1. The van der Waals surface area contributed by atoms with Crippen molar-refractivity contribution in [2.24, 2.45) is 0 Å². The second-order valence-electron chi connectivity index (χ2n) is 24.1. The molecule has 2 unspecified atom stereocenters. The Morgan fingerprint density at radius 2 is 0.671 bits per heavy atom. The first kappa shape index (κ1) is 80.7. The molecule has 0 rings (SSSR count). The van der Waals surface area contributed by atoms with Gasteiger partial charge in [0.05, 0.1) is 34.4 Å². The van der Waals surface area contributed by atoms with Crippen LogP contribution in [0.15, 0.2) is 122 Å². The van der Waals surface area contributed by atoms with Gasteiger partial charge in [-0.3, -0.25) is 9.59 Å². The highest BCUT2D eigenvalue weighted by Gasteiger charge is 2.25. The Hall–Kier alpha value is -4.31. The summed E-state index contributed by atoms with van der Waals surface area (Å²) >= 11 is 0. The van der Waals surface area contributed by atoms with Crippen molar-refractivity contribution >= 4 is 17.9 Å². The molecule has 85 heavy (non-hydrogen) atoms. The first-order chi connectivity index (χ1) is 41.6. The third-order valence-corrected chi connectivity index (χ3v) is 14.7. The first-order valence-electron chi connectivity index (χ1n) is 34.7. The molecule has 0 bridgehead atoms. The van der Waals surface area contributed by atoms with E-state index in [-0.39, 0.29) is 32.2 Å². The van der Waals surface area contributed by atoms with Crippen molar-refractivity contribution < 1.29 is 42.9 Å². The van der Waals surface area contributed by atoms with Gasteiger partial charge in [-0.15, -0.1) is 0 Å². The number of carbonyl (C=O) groups is 3. The van der Waals surface area contributed by atoms with Crippen molar-refractivity contribution in [1.29, 1.82) is 0 Å². The average molecular weight is 1190 g/mol. The fourth-order valence-corrected chi connectivity index (χ4v) is 9.41. The summed E-state index contributed by atoms with van der Waals surface area (Å²) in [6.07, 6.45) is 90.1. The van der Waals surface area contributed by atoms with Gasteiger partial charge < -0.3 is 28.5 Å². The number of carbonyl (C=O) groups excluding carboxylic acids is 2. The van der Waals surface area contributed by atoms with Crippen LogP contribution in [0.1, 0.15) is 284 Å².